The largest absolute Gasteiger partial charge is 0.485 e. The number of rotatable bonds is 8. The van der Waals surface area contributed by atoms with Crippen LogP contribution in [0.5, 0.6) is 5.75 Å². The lowest BCUT2D eigenvalue weighted by Crippen LogP contribution is -2.15. The van der Waals surface area contributed by atoms with Crippen molar-refractivity contribution in [1.29, 1.82) is 0 Å². The van der Waals surface area contributed by atoms with E-state index in [9.17, 15) is 4.79 Å². The van der Waals surface area contributed by atoms with Gasteiger partial charge in [-0.05, 0) is 50.1 Å². The van der Waals surface area contributed by atoms with E-state index in [1.54, 1.807) is 6.07 Å². The van der Waals surface area contributed by atoms with Gasteiger partial charge in [-0.25, -0.2) is 0 Å². The number of hydrogen-bond donors (Lipinski definition) is 1. The Balaban J connectivity index is 1.60. The van der Waals surface area contributed by atoms with Gasteiger partial charge in [-0.1, -0.05) is 47.6 Å². The summed E-state index contributed by atoms with van der Waals surface area (Å²) in [6.45, 7) is 6.90. The molecule has 6 nitrogen and oxygen atoms in total. The number of aromatic nitrogens is 3. The fourth-order valence-electron chi connectivity index (χ4n) is 2.77. The summed E-state index contributed by atoms with van der Waals surface area (Å²) in [5.41, 5.74) is 2.63. The first-order chi connectivity index (χ1) is 14.0. The number of nitrogens with one attached hydrogen (secondary N) is 1. The van der Waals surface area contributed by atoms with Gasteiger partial charge in [0.1, 0.15) is 12.4 Å². The van der Waals surface area contributed by atoms with Crippen LogP contribution in [0.25, 0.3) is 0 Å². The van der Waals surface area contributed by atoms with Crippen molar-refractivity contribution in [2.45, 2.75) is 39.1 Å². The molecule has 8 heteroatoms. The van der Waals surface area contributed by atoms with Gasteiger partial charge in [0.2, 0.25) is 5.91 Å². The highest BCUT2D eigenvalue weighted by Gasteiger charge is 2.15. The van der Waals surface area contributed by atoms with E-state index < -0.39 is 0 Å². The molecule has 152 valence electrons. The predicted molar refractivity (Wildman–Crippen MR) is 117 cm³/mol. The van der Waals surface area contributed by atoms with Crippen molar-refractivity contribution in [3.05, 3.63) is 64.4 Å². The van der Waals surface area contributed by atoms with Gasteiger partial charge in [-0.2, -0.15) is 0 Å². The number of anilines is 1. The number of nitrogens with zero attached hydrogens (tertiary/aromatic N) is 3. The van der Waals surface area contributed by atoms with E-state index in [4.69, 9.17) is 16.3 Å². The molecule has 0 radical (unpaired) electrons. The molecule has 0 saturated carbocycles. The number of carbonyl (C=O) groups excluding carboxylic acids is 1. The summed E-state index contributed by atoms with van der Waals surface area (Å²) >= 11 is 7.45. The molecule has 1 N–H and O–H groups in total. The molecule has 1 heterocycles. The number of carbonyl (C=O) groups is 1. The summed E-state index contributed by atoms with van der Waals surface area (Å²) in [5, 5.41) is 12.7. The monoisotopic (exact) mass is 430 g/mol. The standard InChI is InChI=1S/C21H23ClN4O2S/c1-4-26-19(12-28-18-11-6-5-8-14(18)2)24-25-21(26)29-13-20(27)23-17-10-7-9-16(22)15(17)3/h5-11H,4,12-13H2,1-3H3,(H,23,27). The molecule has 0 bridgehead atoms. The lowest BCUT2D eigenvalue weighted by molar-refractivity contribution is -0.113. The zero-order valence-electron chi connectivity index (χ0n) is 16.6. The van der Waals surface area contributed by atoms with Crippen LogP contribution >= 0.6 is 23.4 Å². The lowest BCUT2D eigenvalue weighted by Gasteiger charge is -2.11. The van der Waals surface area contributed by atoms with Gasteiger partial charge >= 0.3 is 0 Å². The number of hydrogen-bond acceptors (Lipinski definition) is 5. The van der Waals surface area contributed by atoms with Crippen molar-refractivity contribution in [3.63, 3.8) is 0 Å². The van der Waals surface area contributed by atoms with Crippen LogP contribution in [0.1, 0.15) is 23.9 Å². The molecule has 0 aliphatic carbocycles. The molecule has 0 aliphatic heterocycles. The molecule has 0 saturated heterocycles. The first-order valence-corrected chi connectivity index (χ1v) is 10.6. The molecule has 29 heavy (non-hydrogen) atoms. The van der Waals surface area contributed by atoms with E-state index in [1.807, 2.05) is 61.7 Å². The van der Waals surface area contributed by atoms with Crippen LogP contribution in [0.2, 0.25) is 5.02 Å². The number of aryl methyl sites for hydroxylation is 1. The highest BCUT2D eigenvalue weighted by atomic mass is 35.5. The van der Waals surface area contributed by atoms with Crippen LogP contribution in [0.4, 0.5) is 5.69 Å². The average molecular weight is 431 g/mol. The molecule has 2 aromatic carbocycles. The Morgan fingerprint density at radius 1 is 1.17 bits per heavy atom. The van der Waals surface area contributed by atoms with Gasteiger partial charge in [0, 0.05) is 17.3 Å². The molecule has 0 spiro atoms. The quantitative estimate of drug-likeness (QED) is 0.516. The van der Waals surface area contributed by atoms with Crippen molar-refractivity contribution in [2.75, 3.05) is 11.1 Å². The summed E-state index contributed by atoms with van der Waals surface area (Å²) in [6.07, 6.45) is 0. The SMILES string of the molecule is CCn1c(COc2ccccc2C)nnc1SCC(=O)Nc1cccc(Cl)c1C. The third-order valence-electron chi connectivity index (χ3n) is 4.43. The fraction of sp³-hybridized carbons (Fsp3) is 0.286. The molecule has 1 amide bonds. The maximum Gasteiger partial charge on any atom is 0.234 e. The van der Waals surface area contributed by atoms with Crippen molar-refractivity contribution >= 4 is 35.0 Å². The predicted octanol–water partition coefficient (Wildman–Crippen LogP) is 4.88. The Morgan fingerprint density at radius 3 is 2.72 bits per heavy atom. The summed E-state index contributed by atoms with van der Waals surface area (Å²) in [4.78, 5) is 12.3. The Labute approximate surface area is 179 Å². The van der Waals surface area contributed by atoms with E-state index in [-0.39, 0.29) is 11.7 Å². The van der Waals surface area contributed by atoms with Crippen molar-refractivity contribution < 1.29 is 9.53 Å². The summed E-state index contributed by atoms with van der Waals surface area (Å²) in [6, 6.07) is 13.3. The third-order valence-corrected chi connectivity index (χ3v) is 5.81. The van der Waals surface area contributed by atoms with Gasteiger partial charge in [0.15, 0.2) is 11.0 Å². The fourth-order valence-corrected chi connectivity index (χ4v) is 3.77. The maximum atomic E-state index is 12.3. The number of ether oxygens (including phenoxy) is 1. The van der Waals surface area contributed by atoms with Crippen LogP contribution in [0.3, 0.4) is 0 Å². The Bertz CT molecular complexity index is 1010. The van der Waals surface area contributed by atoms with Gasteiger partial charge in [-0.15, -0.1) is 10.2 Å². The number of halogens is 1. The summed E-state index contributed by atoms with van der Waals surface area (Å²) < 4.78 is 7.84. The first kappa shape index (κ1) is 21.2. The minimum Gasteiger partial charge on any atom is -0.485 e. The maximum absolute atomic E-state index is 12.3. The van der Waals surface area contributed by atoms with Crippen LogP contribution in [0, 0.1) is 13.8 Å². The van der Waals surface area contributed by atoms with Gasteiger partial charge in [-0.3, -0.25) is 4.79 Å². The second kappa shape index (κ2) is 9.80. The number of para-hydroxylation sites is 1. The first-order valence-electron chi connectivity index (χ1n) is 9.27. The van der Waals surface area contributed by atoms with Crippen molar-refractivity contribution in [1.82, 2.24) is 14.8 Å². The van der Waals surface area contributed by atoms with Gasteiger partial charge in [0.25, 0.3) is 0 Å². The second-order valence-corrected chi connectivity index (χ2v) is 7.80. The van der Waals surface area contributed by atoms with Crippen LogP contribution in [-0.4, -0.2) is 26.4 Å². The summed E-state index contributed by atoms with van der Waals surface area (Å²) in [5.74, 6) is 1.65. The average Bonchev–Trinajstić information content (AvgIpc) is 3.11. The molecule has 0 unspecified atom stereocenters. The molecule has 3 rings (SSSR count). The Morgan fingerprint density at radius 2 is 1.97 bits per heavy atom. The molecule has 1 aromatic heterocycles. The van der Waals surface area contributed by atoms with Crippen molar-refractivity contribution in [2.24, 2.45) is 0 Å². The molecular weight excluding hydrogens is 408 g/mol. The Hall–Kier alpha value is -2.51. The van der Waals surface area contributed by atoms with Gasteiger partial charge in [0.05, 0.1) is 5.75 Å². The van der Waals surface area contributed by atoms with E-state index in [2.05, 4.69) is 15.5 Å². The molecule has 3 aromatic rings. The minimum atomic E-state index is -0.122. The van der Waals surface area contributed by atoms with Crippen LogP contribution < -0.4 is 10.1 Å². The molecule has 0 fully saturated rings. The number of thioether (sulfide) groups is 1. The lowest BCUT2D eigenvalue weighted by atomic mass is 10.2. The van der Waals surface area contributed by atoms with Crippen LogP contribution in [0.15, 0.2) is 47.6 Å². The third kappa shape index (κ3) is 5.31. The number of benzene rings is 2. The minimum absolute atomic E-state index is 0.122. The van der Waals surface area contributed by atoms with Crippen LogP contribution in [-0.2, 0) is 17.9 Å². The topological polar surface area (TPSA) is 69.0 Å². The van der Waals surface area contributed by atoms with E-state index in [0.29, 0.717) is 29.0 Å². The highest BCUT2D eigenvalue weighted by Crippen LogP contribution is 2.24. The van der Waals surface area contributed by atoms with E-state index >= 15 is 0 Å². The van der Waals surface area contributed by atoms with Crippen molar-refractivity contribution in [3.8, 4) is 5.75 Å². The molecule has 0 atom stereocenters. The second-order valence-electron chi connectivity index (χ2n) is 6.45. The molecule has 0 aliphatic rings. The number of amides is 1. The zero-order chi connectivity index (χ0) is 20.8. The smallest absolute Gasteiger partial charge is 0.234 e. The van der Waals surface area contributed by atoms with Gasteiger partial charge < -0.3 is 14.6 Å². The summed E-state index contributed by atoms with van der Waals surface area (Å²) in [7, 11) is 0. The Kier molecular flexibility index (Phi) is 7.17. The normalized spacial score (nSPS) is 10.8. The molecular formula is C21H23ClN4O2S. The highest BCUT2D eigenvalue weighted by molar-refractivity contribution is 7.99. The zero-order valence-corrected chi connectivity index (χ0v) is 18.2. The van der Waals surface area contributed by atoms with E-state index in [1.165, 1.54) is 11.8 Å². The van der Waals surface area contributed by atoms with E-state index in [0.717, 1.165) is 22.7 Å².